The summed E-state index contributed by atoms with van der Waals surface area (Å²) in [5, 5.41) is 10.1. The molecule has 1 aliphatic rings. The van der Waals surface area contributed by atoms with E-state index in [2.05, 4.69) is 4.98 Å². The van der Waals surface area contributed by atoms with Gasteiger partial charge in [-0.2, -0.15) is 13.2 Å². The highest BCUT2D eigenvalue weighted by atomic mass is 19.4. The van der Waals surface area contributed by atoms with Crippen LogP contribution in [0.1, 0.15) is 31.2 Å². The van der Waals surface area contributed by atoms with Crippen LogP contribution in [0, 0.1) is 11.8 Å². The molecule has 1 N–H and O–H groups in total. The molecule has 1 aliphatic carbocycles. The monoisotopic (exact) mass is 273 g/mol. The van der Waals surface area contributed by atoms with Crippen LogP contribution in [0.15, 0.2) is 24.5 Å². The van der Waals surface area contributed by atoms with E-state index in [0.717, 1.165) is 5.56 Å². The van der Waals surface area contributed by atoms with E-state index in [9.17, 15) is 18.3 Å². The van der Waals surface area contributed by atoms with Crippen molar-refractivity contribution in [2.24, 2.45) is 11.8 Å². The predicted molar refractivity (Wildman–Crippen MR) is 65.5 cm³/mol. The molecular weight excluding hydrogens is 255 g/mol. The summed E-state index contributed by atoms with van der Waals surface area (Å²) in [6.07, 6.45) is 0.329. The summed E-state index contributed by atoms with van der Waals surface area (Å²) in [6, 6.07) is 3.67. The Kier molecular flexibility index (Phi) is 4.45. The molecule has 0 aliphatic heterocycles. The van der Waals surface area contributed by atoms with Gasteiger partial charge in [0.15, 0.2) is 0 Å². The van der Waals surface area contributed by atoms with Crippen molar-refractivity contribution in [3.8, 4) is 0 Å². The molecule has 0 amide bonds. The van der Waals surface area contributed by atoms with Crippen LogP contribution in [0.2, 0.25) is 0 Å². The number of halogens is 3. The quantitative estimate of drug-likeness (QED) is 0.916. The third-order valence-electron chi connectivity index (χ3n) is 3.95. The number of hydrogen-bond acceptors (Lipinski definition) is 2. The average molecular weight is 273 g/mol. The summed E-state index contributed by atoms with van der Waals surface area (Å²) in [7, 11) is 0. The van der Waals surface area contributed by atoms with Gasteiger partial charge in [0.25, 0.3) is 0 Å². The standard InChI is InChI=1S/C14H18F3NO/c15-14(16,17)12-5-3-11(4-6-12)13(19)8-10-2-1-7-18-9-10/h1-2,7,9,11-13,19H,3-6,8H2. The van der Waals surface area contributed by atoms with Crippen LogP contribution in [0.5, 0.6) is 0 Å². The van der Waals surface area contributed by atoms with Crippen molar-refractivity contribution in [3.63, 3.8) is 0 Å². The van der Waals surface area contributed by atoms with Crippen molar-refractivity contribution in [1.29, 1.82) is 0 Å². The molecule has 0 spiro atoms. The van der Waals surface area contributed by atoms with Crippen LogP contribution in [-0.2, 0) is 6.42 Å². The molecule has 1 unspecified atom stereocenters. The highest BCUT2D eigenvalue weighted by molar-refractivity contribution is 5.09. The lowest BCUT2D eigenvalue weighted by atomic mass is 9.78. The first-order chi connectivity index (χ1) is 8.97. The summed E-state index contributed by atoms with van der Waals surface area (Å²) in [4.78, 5) is 3.97. The van der Waals surface area contributed by atoms with Gasteiger partial charge in [-0.05, 0) is 43.2 Å². The first-order valence-corrected chi connectivity index (χ1v) is 6.60. The Balaban J connectivity index is 1.84. The molecule has 1 heterocycles. The number of aliphatic hydroxyl groups excluding tert-OH is 1. The van der Waals surface area contributed by atoms with Gasteiger partial charge in [0.05, 0.1) is 12.0 Å². The third-order valence-corrected chi connectivity index (χ3v) is 3.95. The number of nitrogens with zero attached hydrogens (tertiary/aromatic N) is 1. The Bertz CT molecular complexity index is 385. The highest BCUT2D eigenvalue weighted by Gasteiger charge is 2.42. The van der Waals surface area contributed by atoms with Crippen molar-refractivity contribution in [1.82, 2.24) is 4.98 Å². The number of aliphatic hydroxyl groups is 1. The minimum atomic E-state index is -4.08. The van der Waals surface area contributed by atoms with Gasteiger partial charge < -0.3 is 5.11 Å². The molecule has 1 aromatic heterocycles. The molecule has 19 heavy (non-hydrogen) atoms. The van der Waals surface area contributed by atoms with Crippen molar-refractivity contribution in [3.05, 3.63) is 30.1 Å². The first kappa shape index (κ1) is 14.3. The molecule has 0 radical (unpaired) electrons. The molecule has 0 saturated heterocycles. The van der Waals surface area contributed by atoms with Crippen LogP contribution in [-0.4, -0.2) is 22.4 Å². The molecule has 2 nitrogen and oxygen atoms in total. The van der Waals surface area contributed by atoms with Crippen LogP contribution in [0.3, 0.4) is 0 Å². The van der Waals surface area contributed by atoms with Gasteiger partial charge in [-0.3, -0.25) is 4.98 Å². The van der Waals surface area contributed by atoms with E-state index >= 15 is 0 Å². The number of alkyl halides is 3. The smallest absolute Gasteiger partial charge is 0.391 e. The number of aromatic nitrogens is 1. The van der Waals surface area contributed by atoms with Gasteiger partial charge in [-0.25, -0.2) is 0 Å². The molecule has 2 rings (SSSR count). The molecule has 5 heteroatoms. The van der Waals surface area contributed by atoms with Gasteiger partial charge in [0.2, 0.25) is 0 Å². The van der Waals surface area contributed by atoms with Crippen LogP contribution >= 0.6 is 0 Å². The van der Waals surface area contributed by atoms with Crippen LogP contribution in [0.4, 0.5) is 13.2 Å². The van der Waals surface area contributed by atoms with Gasteiger partial charge in [-0.1, -0.05) is 6.07 Å². The maximum absolute atomic E-state index is 12.5. The van der Waals surface area contributed by atoms with Crippen molar-refractivity contribution < 1.29 is 18.3 Å². The van der Waals surface area contributed by atoms with Gasteiger partial charge in [-0.15, -0.1) is 0 Å². The zero-order chi connectivity index (χ0) is 13.9. The Labute approximate surface area is 110 Å². The van der Waals surface area contributed by atoms with E-state index < -0.39 is 18.2 Å². The molecule has 1 fully saturated rings. The van der Waals surface area contributed by atoms with E-state index in [1.165, 1.54) is 0 Å². The fraction of sp³-hybridized carbons (Fsp3) is 0.643. The second-order valence-electron chi connectivity index (χ2n) is 5.29. The van der Waals surface area contributed by atoms with E-state index in [-0.39, 0.29) is 18.8 Å². The topological polar surface area (TPSA) is 33.1 Å². The van der Waals surface area contributed by atoms with Crippen LogP contribution < -0.4 is 0 Å². The lowest BCUT2D eigenvalue weighted by Crippen LogP contribution is -2.32. The molecule has 0 bridgehead atoms. The first-order valence-electron chi connectivity index (χ1n) is 6.60. The highest BCUT2D eigenvalue weighted by Crippen LogP contribution is 2.40. The number of rotatable bonds is 3. The Morgan fingerprint density at radius 2 is 1.95 bits per heavy atom. The molecular formula is C14H18F3NO. The summed E-state index contributed by atoms with van der Waals surface area (Å²) in [5.41, 5.74) is 0.924. The van der Waals surface area contributed by atoms with Crippen molar-refractivity contribution in [2.45, 2.75) is 44.4 Å². The van der Waals surface area contributed by atoms with E-state index in [1.807, 2.05) is 6.07 Å². The second kappa shape index (κ2) is 5.90. The second-order valence-corrected chi connectivity index (χ2v) is 5.29. The average Bonchev–Trinajstić information content (AvgIpc) is 2.39. The van der Waals surface area contributed by atoms with Crippen molar-refractivity contribution in [2.75, 3.05) is 0 Å². The van der Waals surface area contributed by atoms with Gasteiger partial charge in [0.1, 0.15) is 0 Å². The molecule has 1 saturated carbocycles. The minimum absolute atomic E-state index is 0.0289. The Hall–Kier alpha value is -1.10. The Morgan fingerprint density at radius 1 is 1.26 bits per heavy atom. The summed E-state index contributed by atoms with van der Waals surface area (Å²) in [6.45, 7) is 0. The van der Waals surface area contributed by atoms with Gasteiger partial charge >= 0.3 is 6.18 Å². The van der Waals surface area contributed by atoms with Crippen LogP contribution in [0.25, 0.3) is 0 Å². The molecule has 106 valence electrons. The summed E-state index contributed by atoms with van der Waals surface area (Å²) >= 11 is 0. The summed E-state index contributed by atoms with van der Waals surface area (Å²) < 4.78 is 37.6. The van der Waals surface area contributed by atoms with Gasteiger partial charge in [0, 0.05) is 18.8 Å². The SMILES string of the molecule is OC(Cc1cccnc1)C1CCC(C(F)(F)F)CC1. The van der Waals surface area contributed by atoms with E-state index in [4.69, 9.17) is 0 Å². The number of pyridine rings is 1. The maximum atomic E-state index is 12.5. The van der Waals surface area contributed by atoms with Crippen molar-refractivity contribution >= 4 is 0 Å². The fourth-order valence-electron chi connectivity index (χ4n) is 2.76. The summed E-state index contributed by atoms with van der Waals surface area (Å²) in [5.74, 6) is -1.21. The maximum Gasteiger partial charge on any atom is 0.391 e. The molecule has 1 aromatic rings. The molecule has 0 aromatic carbocycles. The minimum Gasteiger partial charge on any atom is -0.392 e. The largest absolute Gasteiger partial charge is 0.392 e. The lowest BCUT2D eigenvalue weighted by Gasteiger charge is -2.32. The zero-order valence-electron chi connectivity index (χ0n) is 10.6. The normalized spacial score (nSPS) is 26.1. The van der Waals surface area contributed by atoms with E-state index in [1.54, 1.807) is 18.5 Å². The lowest BCUT2D eigenvalue weighted by molar-refractivity contribution is -0.185. The molecule has 1 atom stereocenters. The predicted octanol–water partition coefficient (Wildman–Crippen LogP) is 3.35. The fourth-order valence-corrected chi connectivity index (χ4v) is 2.76. The zero-order valence-corrected chi connectivity index (χ0v) is 10.6. The Morgan fingerprint density at radius 3 is 2.47 bits per heavy atom. The third kappa shape index (κ3) is 3.93. The number of hydrogen-bond donors (Lipinski definition) is 1. The van der Waals surface area contributed by atoms with E-state index in [0.29, 0.717) is 19.3 Å².